The molecule has 0 fully saturated rings. The van der Waals surface area contributed by atoms with Gasteiger partial charge in [0, 0.05) is 10.6 Å². The number of hydrogen-bond donors (Lipinski definition) is 1. The Labute approximate surface area is 123 Å². The molecule has 0 aliphatic heterocycles. The van der Waals surface area contributed by atoms with Crippen molar-refractivity contribution in [2.24, 2.45) is 0 Å². The van der Waals surface area contributed by atoms with Crippen molar-refractivity contribution >= 4 is 34.1 Å². The fourth-order valence-electron chi connectivity index (χ4n) is 2.58. The lowest BCUT2D eigenvalue weighted by molar-refractivity contribution is 0.105. The van der Waals surface area contributed by atoms with Crippen molar-refractivity contribution in [1.82, 2.24) is 4.98 Å². The highest BCUT2D eigenvalue weighted by Gasteiger charge is 2.24. The number of benzene rings is 2. The third-order valence-electron chi connectivity index (χ3n) is 3.55. The summed E-state index contributed by atoms with van der Waals surface area (Å²) in [5, 5.41) is 0.638. The number of aromatic amines is 1. The predicted octanol–water partition coefficient (Wildman–Crippen LogP) is 3.40. The van der Waals surface area contributed by atoms with Crippen molar-refractivity contribution in [3.63, 3.8) is 0 Å². The van der Waals surface area contributed by atoms with Crippen LogP contribution in [0.3, 0.4) is 0 Å². The Morgan fingerprint density at radius 1 is 1.00 bits per heavy atom. The Morgan fingerprint density at radius 2 is 1.76 bits per heavy atom. The number of H-pyrrole nitrogens is 1. The molecule has 0 amide bonds. The molecule has 2 aromatic carbocycles. The number of fused-ring (bicyclic) bond motifs is 2. The summed E-state index contributed by atoms with van der Waals surface area (Å²) >= 11 is 5.89. The molecule has 5 heteroatoms. The van der Waals surface area contributed by atoms with Crippen molar-refractivity contribution in [3.05, 3.63) is 74.7 Å². The Hall–Kier alpha value is -2.59. The molecule has 0 spiro atoms. The highest BCUT2D eigenvalue weighted by molar-refractivity contribution is 6.30. The Morgan fingerprint density at radius 3 is 2.52 bits per heavy atom. The van der Waals surface area contributed by atoms with Gasteiger partial charge in [0.1, 0.15) is 0 Å². The van der Waals surface area contributed by atoms with E-state index in [0.717, 1.165) is 16.7 Å². The van der Waals surface area contributed by atoms with Gasteiger partial charge in [-0.3, -0.25) is 9.78 Å². The van der Waals surface area contributed by atoms with E-state index in [1.165, 1.54) is 0 Å². The molecule has 0 saturated carbocycles. The summed E-state index contributed by atoms with van der Waals surface area (Å²) in [6.07, 6.45) is 1.59. The highest BCUT2D eigenvalue weighted by Crippen LogP contribution is 2.35. The average molecular weight is 298 g/mol. The minimum absolute atomic E-state index is 0.0966. The van der Waals surface area contributed by atoms with Crippen LogP contribution in [0.5, 0.6) is 0 Å². The molecule has 0 unspecified atom stereocenters. The van der Waals surface area contributed by atoms with Crippen LogP contribution in [0.2, 0.25) is 5.02 Å². The average Bonchev–Trinajstić information content (AvgIpc) is 2.97. The van der Waals surface area contributed by atoms with Crippen molar-refractivity contribution in [3.8, 4) is 0 Å². The molecule has 1 aliphatic rings. The van der Waals surface area contributed by atoms with E-state index in [0.29, 0.717) is 21.7 Å². The van der Waals surface area contributed by atoms with E-state index in [4.69, 9.17) is 16.0 Å². The van der Waals surface area contributed by atoms with Crippen LogP contribution in [0.1, 0.15) is 21.5 Å². The molecule has 1 aliphatic carbocycles. The maximum absolute atomic E-state index is 12.1. The first-order chi connectivity index (χ1) is 10.1. The second-order valence-corrected chi connectivity index (χ2v) is 5.27. The number of ketones is 1. The summed E-state index contributed by atoms with van der Waals surface area (Å²) in [5.74, 6) is -0.626. The molecule has 0 radical (unpaired) electrons. The summed E-state index contributed by atoms with van der Waals surface area (Å²) < 4.78 is 4.99. The number of aromatic nitrogens is 1. The van der Waals surface area contributed by atoms with Gasteiger partial charge in [0.15, 0.2) is 11.4 Å². The van der Waals surface area contributed by atoms with Crippen LogP contribution in [-0.2, 0) is 0 Å². The second-order valence-electron chi connectivity index (χ2n) is 4.84. The third-order valence-corrected chi connectivity index (χ3v) is 3.80. The summed E-state index contributed by atoms with van der Waals surface area (Å²) in [6, 6.07) is 10.6. The molecule has 102 valence electrons. The lowest BCUT2D eigenvalue weighted by atomic mass is 9.99. The van der Waals surface area contributed by atoms with Gasteiger partial charge < -0.3 is 4.42 Å². The number of carbonyl (C=O) groups excluding carboxylic acids is 1. The van der Waals surface area contributed by atoms with Crippen LogP contribution in [0.25, 0.3) is 16.7 Å². The van der Waals surface area contributed by atoms with Crippen LogP contribution < -0.4 is 5.76 Å². The van der Waals surface area contributed by atoms with Crippen LogP contribution >= 0.6 is 11.6 Å². The van der Waals surface area contributed by atoms with Gasteiger partial charge in [-0.15, -0.1) is 0 Å². The van der Waals surface area contributed by atoms with E-state index < -0.39 is 5.76 Å². The molecular weight excluding hydrogens is 290 g/mol. The van der Waals surface area contributed by atoms with Gasteiger partial charge in [-0.2, -0.15) is 0 Å². The van der Waals surface area contributed by atoms with Crippen molar-refractivity contribution in [1.29, 1.82) is 0 Å². The fourth-order valence-corrected chi connectivity index (χ4v) is 2.70. The van der Waals surface area contributed by atoms with Gasteiger partial charge in [-0.25, -0.2) is 4.79 Å². The summed E-state index contributed by atoms with van der Waals surface area (Å²) in [4.78, 5) is 26.0. The number of allylic oxidation sites excluding steroid dienone is 1. The van der Waals surface area contributed by atoms with E-state index in [2.05, 4.69) is 4.98 Å². The number of nitrogens with one attached hydrogen (secondary N) is 1. The maximum atomic E-state index is 12.1. The van der Waals surface area contributed by atoms with Gasteiger partial charge in [0.2, 0.25) is 0 Å². The molecule has 0 saturated heterocycles. The fraction of sp³-hybridized carbons (Fsp3) is 0. The zero-order valence-corrected chi connectivity index (χ0v) is 11.4. The lowest BCUT2D eigenvalue weighted by Crippen LogP contribution is -1.93. The zero-order chi connectivity index (χ0) is 14.6. The highest BCUT2D eigenvalue weighted by atomic mass is 35.5. The Balaban J connectivity index is 1.95. The molecular formula is C16H8ClNO3. The summed E-state index contributed by atoms with van der Waals surface area (Å²) in [6.45, 7) is 0. The first-order valence-electron chi connectivity index (χ1n) is 6.31. The van der Waals surface area contributed by atoms with Crippen LogP contribution in [-0.4, -0.2) is 10.8 Å². The quantitative estimate of drug-likeness (QED) is 0.748. The van der Waals surface area contributed by atoms with E-state index in [9.17, 15) is 9.59 Å². The SMILES string of the molecule is O=C1C=C(c2ccc(Cl)cc2)c2cc3[nH]c(=O)oc3cc21. The molecule has 1 heterocycles. The third kappa shape index (κ3) is 1.84. The number of carbonyl (C=O) groups is 1. The van der Waals surface area contributed by atoms with Gasteiger partial charge >= 0.3 is 5.76 Å². The molecule has 0 bridgehead atoms. The molecule has 1 aromatic heterocycles. The molecule has 4 nitrogen and oxygen atoms in total. The Kier molecular flexibility index (Phi) is 2.43. The standard InChI is InChI=1S/C16H8ClNO3/c17-9-3-1-8(2-4-9)10-6-14(19)12-7-15-13(5-11(10)12)18-16(20)21-15/h1-7H,(H,18,20). The maximum Gasteiger partial charge on any atom is 0.417 e. The summed E-state index contributed by atoms with van der Waals surface area (Å²) in [7, 11) is 0. The zero-order valence-electron chi connectivity index (χ0n) is 10.6. The first kappa shape index (κ1) is 12.2. The van der Waals surface area contributed by atoms with E-state index >= 15 is 0 Å². The number of rotatable bonds is 1. The lowest BCUT2D eigenvalue weighted by Gasteiger charge is -2.05. The van der Waals surface area contributed by atoms with E-state index in [1.54, 1.807) is 30.3 Å². The molecule has 21 heavy (non-hydrogen) atoms. The predicted molar refractivity (Wildman–Crippen MR) is 79.7 cm³/mol. The van der Waals surface area contributed by atoms with Crippen LogP contribution in [0, 0.1) is 0 Å². The van der Waals surface area contributed by atoms with Crippen LogP contribution in [0.4, 0.5) is 0 Å². The van der Waals surface area contributed by atoms with Gasteiger partial charge in [-0.1, -0.05) is 23.7 Å². The van der Waals surface area contributed by atoms with Gasteiger partial charge in [0.25, 0.3) is 0 Å². The van der Waals surface area contributed by atoms with E-state index in [1.807, 2.05) is 12.1 Å². The topological polar surface area (TPSA) is 63.1 Å². The molecule has 4 rings (SSSR count). The monoisotopic (exact) mass is 297 g/mol. The smallest absolute Gasteiger partial charge is 0.408 e. The molecule has 3 aromatic rings. The molecule has 0 atom stereocenters. The van der Waals surface area contributed by atoms with Crippen molar-refractivity contribution in [2.45, 2.75) is 0 Å². The van der Waals surface area contributed by atoms with Crippen molar-refractivity contribution < 1.29 is 9.21 Å². The van der Waals surface area contributed by atoms with Gasteiger partial charge in [0.05, 0.1) is 5.52 Å². The van der Waals surface area contributed by atoms with Gasteiger partial charge in [-0.05, 0) is 47.0 Å². The second kappa shape index (κ2) is 4.20. The number of oxazole rings is 1. The minimum Gasteiger partial charge on any atom is -0.408 e. The van der Waals surface area contributed by atoms with E-state index in [-0.39, 0.29) is 5.78 Å². The number of hydrogen-bond acceptors (Lipinski definition) is 3. The Bertz CT molecular complexity index is 977. The first-order valence-corrected chi connectivity index (χ1v) is 6.69. The van der Waals surface area contributed by atoms with Crippen molar-refractivity contribution in [2.75, 3.05) is 0 Å². The molecule has 1 N–H and O–H groups in total. The number of halogens is 1. The minimum atomic E-state index is -0.529. The summed E-state index contributed by atoms with van der Waals surface area (Å²) in [5.41, 5.74) is 4.00. The van der Waals surface area contributed by atoms with Crippen LogP contribution in [0.15, 0.2) is 51.7 Å². The largest absolute Gasteiger partial charge is 0.417 e. The normalized spacial score (nSPS) is 13.6.